The average Bonchev–Trinajstić information content (AvgIpc) is 2.54. The van der Waals surface area contributed by atoms with E-state index < -0.39 is 22.0 Å². The maximum atomic E-state index is 12.8. The Morgan fingerprint density at radius 2 is 1.87 bits per heavy atom. The number of hydroxylamine groups is 1. The molecular formula is C16H21NO5S. The van der Waals surface area contributed by atoms with Crippen molar-refractivity contribution in [2.75, 3.05) is 13.7 Å². The van der Waals surface area contributed by atoms with Crippen LogP contribution in [0.4, 0.5) is 0 Å². The van der Waals surface area contributed by atoms with Crippen molar-refractivity contribution in [3.63, 3.8) is 0 Å². The van der Waals surface area contributed by atoms with Gasteiger partial charge in [0.05, 0.1) is 12.0 Å². The van der Waals surface area contributed by atoms with Gasteiger partial charge in [-0.3, -0.25) is 9.63 Å². The van der Waals surface area contributed by atoms with Gasteiger partial charge in [0, 0.05) is 0 Å². The lowest BCUT2D eigenvalue weighted by Crippen LogP contribution is -2.48. The third-order valence-corrected chi connectivity index (χ3v) is 4.69. The molecule has 0 radical (unpaired) electrons. The summed E-state index contributed by atoms with van der Waals surface area (Å²) in [6.07, 6.45) is 0. The van der Waals surface area contributed by atoms with Crippen LogP contribution in [0.15, 0.2) is 35.2 Å². The Balaban J connectivity index is 3.32. The van der Waals surface area contributed by atoms with Crippen molar-refractivity contribution >= 4 is 16.0 Å². The summed E-state index contributed by atoms with van der Waals surface area (Å²) in [5.41, 5.74) is 0. The molecule has 0 saturated carbocycles. The van der Waals surface area contributed by atoms with E-state index >= 15 is 0 Å². The molecule has 1 aromatic carbocycles. The summed E-state index contributed by atoms with van der Waals surface area (Å²) in [6.45, 7) is 4.89. The van der Waals surface area contributed by atoms with E-state index in [4.69, 9.17) is 9.57 Å². The predicted molar refractivity (Wildman–Crippen MR) is 85.5 cm³/mol. The van der Waals surface area contributed by atoms with E-state index in [9.17, 15) is 13.2 Å². The van der Waals surface area contributed by atoms with E-state index in [1.165, 1.54) is 19.2 Å². The Morgan fingerprint density at radius 3 is 2.35 bits per heavy atom. The second-order valence-electron chi connectivity index (χ2n) is 4.99. The van der Waals surface area contributed by atoms with Gasteiger partial charge in [-0.1, -0.05) is 42.4 Å². The van der Waals surface area contributed by atoms with Gasteiger partial charge in [0.15, 0.2) is 6.04 Å². The third-order valence-electron chi connectivity index (χ3n) is 3.02. The summed E-state index contributed by atoms with van der Waals surface area (Å²) in [5, 5.41) is 0. The molecule has 0 saturated heterocycles. The first-order chi connectivity index (χ1) is 10.9. The van der Waals surface area contributed by atoms with Gasteiger partial charge in [-0.2, -0.15) is 0 Å². The van der Waals surface area contributed by atoms with Crippen LogP contribution in [-0.4, -0.2) is 38.6 Å². The Kier molecular flexibility index (Phi) is 7.23. The number of methoxy groups -OCH3 is 1. The number of ether oxygens (including phenoxy) is 1. The van der Waals surface area contributed by atoms with Crippen LogP contribution in [-0.2, 0) is 24.4 Å². The fourth-order valence-electron chi connectivity index (χ4n) is 1.89. The highest BCUT2D eigenvalue weighted by Crippen LogP contribution is 2.23. The van der Waals surface area contributed by atoms with Gasteiger partial charge >= 0.3 is 5.97 Å². The highest BCUT2D eigenvalue weighted by atomic mass is 32.2. The van der Waals surface area contributed by atoms with Gasteiger partial charge in [0.25, 0.3) is 10.0 Å². The van der Waals surface area contributed by atoms with Gasteiger partial charge in [0.2, 0.25) is 0 Å². The molecule has 0 aliphatic carbocycles. The van der Waals surface area contributed by atoms with Crippen LogP contribution in [0.1, 0.15) is 20.8 Å². The topological polar surface area (TPSA) is 72.9 Å². The monoisotopic (exact) mass is 339 g/mol. The molecule has 23 heavy (non-hydrogen) atoms. The molecule has 0 amide bonds. The van der Waals surface area contributed by atoms with Gasteiger partial charge in [-0.05, 0) is 25.0 Å². The lowest BCUT2D eigenvalue weighted by atomic mass is 10.1. The molecule has 7 heteroatoms. The van der Waals surface area contributed by atoms with Gasteiger partial charge in [0.1, 0.15) is 6.61 Å². The van der Waals surface area contributed by atoms with Crippen LogP contribution in [0.25, 0.3) is 0 Å². The largest absolute Gasteiger partial charge is 0.468 e. The summed E-state index contributed by atoms with van der Waals surface area (Å²) in [6, 6.07) is 6.66. The van der Waals surface area contributed by atoms with E-state index in [-0.39, 0.29) is 17.4 Å². The summed E-state index contributed by atoms with van der Waals surface area (Å²) >= 11 is 0. The molecule has 0 spiro atoms. The minimum absolute atomic E-state index is 0.0269. The Morgan fingerprint density at radius 1 is 1.26 bits per heavy atom. The second-order valence-corrected chi connectivity index (χ2v) is 6.77. The van der Waals surface area contributed by atoms with E-state index in [0.717, 1.165) is 0 Å². The highest BCUT2D eigenvalue weighted by molar-refractivity contribution is 7.89. The Hall–Kier alpha value is -1.88. The maximum absolute atomic E-state index is 12.8. The molecule has 1 aromatic rings. The zero-order chi connectivity index (χ0) is 17.5. The lowest BCUT2D eigenvalue weighted by molar-refractivity contribution is -0.166. The summed E-state index contributed by atoms with van der Waals surface area (Å²) < 4.78 is 31.1. The first kappa shape index (κ1) is 19.2. The SMILES string of the molecule is CC#CCON(C(C(=O)OC)C(C)C)S(=O)(=O)c1ccccc1. The number of rotatable bonds is 7. The predicted octanol–water partition coefficient (Wildman–Crippen LogP) is 1.83. The van der Waals surface area contributed by atoms with Gasteiger partial charge in [-0.15, -0.1) is 5.92 Å². The number of sulfonamides is 1. The number of hydrogen-bond acceptors (Lipinski definition) is 5. The van der Waals surface area contributed by atoms with E-state index in [1.807, 2.05) is 0 Å². The molecule has 1 unspecified atom stereocenters. The molecule has 0 heterocycles. The molecule has 0 bridgehead atoms. The number of hydrogen-bond donors (Lipinski definition) is 0. The molecule has 0 fully saturated rings. The van der Waals surface area contributed by atoms with Crippen LogP contribution in [0.5, 0.6) is 0 Å². The van der Waals surface area contributed by atoms with Gasteiger partial charge in [-0.25, -0.2) is 8.42 Å². The Bertz CT molecular complexity index is 673. The fourth-order valence-corrected chi connectivity index (χ4v) is 3.41. The normalized spacial score (nSPS) is 12.6. The van der Waals surface area contributed by atoms with Crippen molar-refractivity contribution in [2.24, 2.45) is 5.92 Å². The summed E-state index contributed by atoms with van der Waals surface area (Å²) in [7, 11) is -2.83. The van der Waals surface area contributed by atoms with Crippen molar-refractivity contribution in [3.05, 3.63) is 30.3 Å². The van der Waals surface area contributed by atoms with Gasteiger partial charge < -0.3 is 4.74 Å². The number of esters is 1. The maximum Gasteiger partial charge on any atom is 0.327 e. The zero-order valence-electron chi connectivity index (χ0n) is 13.6. The molecule has 1 rings (SSSR count). The van der Waals surface area contributed by atoms with E-state index in [1.54, 1.807) is 39.0 Å². The van der Waals surface area contributed by atoms with Crippen molar-refractivity contribution in [2.45, 2.75) is 31.7 Å². The fraction of sp³-hybridized carbons (Fsp3) is 0.438. The Labute approximate surface area is 137 Å². The van der Waals surface area contributed by atoms with Crippen LogP contribution in [0.2, 0.25) is 0 Å². The first-order valence-corrected chi connectivity index (χ1v) is 8.50. The number of benzene rings is 1. The number of carbonyl (C=O) groups is 1. The van der Waals surface area contributed by atoms with Crippen LogP contribution in [0, 0.1) is 17.8 Å². The standard InChI is InChI=1S/C16H21NO5S/c1-5-6-12-22-17(15(13(2)3)16(18)21-4)23(19,20)14-10-8-7-9-11-14/h7-11,13,15H,12H2,1-4H3. The minimum atomic E-state index is -4.04. The third kappa shape index (κ3) is 4.79. The molecule has 0 aromatic heterocycles. The van der Waals surface area contributed by atoms with Crippen molar-refractivity contribution in [1.82, 2.24) is 4.47 Å². The number of carbonyl (C=O) groups excluding carboxylic acids is 1. The molecule has 0 aliphatic rings. The van der Waals surface area contributed by atoms with Crippen LogP contribution < -0.4 is 0 Å². The average molecular weight is 339 g/mol. The molecule has 126 valence electrons. The summed E-state index contributed by atoms with van der Waals surface area (Å²) in [5.74, 6) is 4.19. The molecule has 0 aliphatic heterocycles. The van der Waals surface area contributed by atoms with Crippen LogP contribution in [0.3, 0.4) is 0 Å². The first-order valence-electron chi connectivity index (χ1n) is 7.06. The van der Waals surface area contributed by atoms with E-state index in [0.29, 0.717) is 4.47 Å². The summed E-state index contributed by atoms with van der Waals surface area (Å²) in [4.78, 5) is 17.4. The van der Waals surface area contributed by atoms with Crippen LogP contribution >= 0.6 is 0 Å². The smallest absolute Gasteiger partial charge is 0.327 e. The zero-order valence-corrected chi connectivity index (χ0v) is 14.5. The van der Waals surface area contributed by atoms with Crippen molar-refractivity contribution in [1.29, 1.82) is 0 Å². The van der Waals surface area contributed by atoms with E-state index in [2.05, 4.69) is 11.8 Å². The second kappa shape index (κ2) is 8.67. The van der Waals surface area contributed by atoms with Crippen molar-refractivity contribution in [3.8, 4) is 11.8 Å². The lowest BCUT2D eigenvalue weighted by Gasteiger charge is -2.29. The molecule has 0 N–H and O–H groups in total. The molecule has 6 nitrogen and oxygen atoms in total. The number of nitrogens with zero attached hydrogens (tertiary/aromatic N) is 1. The van der Waals surface area contributed by atoms with Crippen molar-refractivity contribution < 1.29 is 22.8 Å². The highest BCUT2D eigenvalue weighted by Gasteiger charge is 2.40. The minimum Gasteiger partial charge on any atom is -0.468 e. The quantitative estimate of drug-likeness (QED) is 0.430. The molecular weight excluding hydrogens is 318 g/mol. The molecule has 1 atom stereocenters.